The van der Waals surface area contributed by atoms with Gasteiger partial charge < -0.3 is 10.6 Å². The monoisotopic (exact) mass is 212 g/mol. The minimum Gasteiger partial charge on any atom is -0.354 e. The van der Waals surface area contributed by atoms with Gasteiger partial charge in [-0.1, -0.05) is 20.3 Å². The summed E-state index contributed by atoms with van der Waals surface area (Å²) >= 11 is 0. The lowest BCUT2D eigenvalue weighted by Crippen LogP contribution is -2.44. The fourth-order valence-corrected chi connectivity index (χ4v) is 1.74. The lowest BCUT2D eigenvalue weighted by Gasteiger charge is -2.38. The van der Waals surface area contributed by atoms with Gasteiger partial charge in [-0.3, -0.25) is 4.79 Å². The summed E-state index contributed by atoms with van der Waals surface area (Å²) in [6, 6.07) is 0.426. The maximum absolute atomic E-state index is 11.5. The Balaban J connectivity index is 2.08. The first kappa shape index (κ1) is 12.5. The summed E-state index contributed by atoms with van der Waals surface area (Å²) < 4.78 is 0. The Morgan fingerprint density at radius 2 is 2.13 bits per heavy atom. The first-order chi connectivity index (χ1) is 7.06. The van der Waals surface area contributed by atoms with Crippen molar-refractivity contribution in [3.8, 4) is 0 Å². The van der Waals surface area contributed by atoms with E-state index in [9.17, 15) is 4.79 Å². The summed E-state index contributed by atoms with van der Waals surface area (Å²) in [5.41, 5.74) is 0.381. The quantitative estimate of drug-likeness (QED) is 0.703. The molecule has 2 N–H and O–H groups in total. The lowest BCUT2D eigenvalue weighted by atomic mass is 9.70. The van der Waals surface area contributed by atoms with Gasteiger partial charge in [0.15, 0.2) is 0 Å². The molecule has 0 radical (unpaired) electrons. The fraction of sp³-hybridized carbons (Fsp3) is 0.917. The van der Waals surface area contributed by atoms with Gasteiger partial charge in [0.1, 0.15) is 0 Å². The molecule has 1 aliphatic carbocycles. The van der Waals surface area contributed by atoms with Crippen molar-refractivity contribution < 1.29 is 4.79 Å². The number of carbonyl (C=O) groups excluding carboxylic acids is 1. The third-order valence-corrected chi connectivity index (χ3v) is 3.50. The molecule has 0 spiro atoms. The summed E-state index contributed by atoms with van der Waals surface area (Å²) in [7, 11) is 0. The third-order valence-electron chi connectivity index (χ3n) is 3.50. The van der Waals surface area contributed by atoms with E-state index in [1.54, 1.807) is 0 Å². The van der Waals surface area contributed by atoms with Crippen molar-refractivity contribution in [3.63, 3.8) is 0 Å². The smallest absolute Gasteiger partial charge is 0.233 e. The van der Waals surface area contributed by atoms with Crippen LogP contribution in [0.1, 0.15) is 46.5 Å². The molecule has 0 aromatic carbocycles. The van der Waals surface area contributed by atoms with Gasteiger partial charge in [-0.2, -0.15) is 0 Å². The largest absolute Gasteiger partial charge is 0.354 e. The molecule has 0 bridgehead atoms. The Kier molecular flexibility index (Phi) is 4.58. The normalized spacial score (nSPS) is 20.5. The van der Waals surface area contributed by atoms with Crippen LogP contribution in [-0.2, 0) is 4.79 Å². The molecule has 1 amide bonds. The Morgan fingerprint density at radius 1 is 1.47 bits per heavy atom. The number of amides is 1. The van der Waals surface area contributed by atoms with Gasteiger partial charge in [0.2, 0.25) is 5.91 Å². The summed E-state index contributed by atoms with van der Waals surface area (Å²) in [4.78, 5) is 11.5. The summed E-state index contributed by atoms with van der Waals surface area (Å²) in [6.07, 6.45) is 4.89. The maximum atomic E-state index is 11.5. The fourth-order valence-electron chi connectivity index (χ4n) is 1.74. The number of nitrogens with one attached hydrogen (secondary N) is 2. The molecule has 0 aromatic heterocycles. The molecule has 88 valence electrons. The van der Waals surface area contributed by atoms with Crippen LogP contribution in [0, 0.1) is 5.41 Å². The second kappa shape index (κ2) is 5.50. The molecule has 3 nitrogen and oxygen atoms in total. The van der Waals surface area contributed by atoms with Crippen molar-refractivity contribution in [2.45, 2.75) is 52.5 Å². The summed E-state index contributed by atoms with van der Waals surface area (Å²) in [5, 5.41) is 6.20. The highest BCUT2D eigenvalue weighted by molar-refractivity contribution is 5.78. The zero-order chi connectivity index (χ0) is 11.3. The molecule has 0 heterocycles. The molecule has 1 atom stereocenters. The number of hydrogen-bond donors (Lipinski definition) is 2. The van der Waals surface area contributed by atoms with Crippen LogP contribution in [0.25, 0.3) is 0 Å². The lowest BCUT2D eigenvalue weighted by molar-refractivity contribution is -0.121. The minimum absolute atomic E-state index is 0.128. The van der Waals surface area contributed by atoms with Crippen LogP contribution in [0.5, 0.6) is 0 Å². The number of rotatable bonds is 6. The summed E-state index contributed by atoms with van der Waals surface area (Å²) in [6.45, 7) is 7.75. The third kappa shape index (κ3) is 4.20. The number of carbonyl (C=O) groups is 1. The highest BCUT2D eigenvalue weighted by Crippen LogP contribution is 2.39. The van der Waals surface area contributed by atoms with Crippen molar-refractivity contribution in [1.82, 2.24) is 10.6 Å². The van der Waals surface area contributed by atoms with Crippen LogP contribution < -0.4 is 10.6 Å². The van der Waals surface area contributed by atoms with Crippen LogP contribution in [0.4, 0.5) is 0 Å². The van der Waals surface area contributed by atoms with E-state index in [4.69, 9.17) is 0 Å². The van der Waals surface area contributed by atoms with Crippen LogP contribution in [0.15, 0.2) is 0 Å². The Labute approximate surface area is 93.0 Å². The second-order valence-electron chi connectivity index (χ2n) is 5.13. The van der Waals surface area contributed by atoms with E-state index in [0.29, 0.717) is 18.0 Å². The molecule has 0 aromatic rings. The second-order valence-corrected chi connectivity index (χ2v) is 5.13. The zero-order valence-electron chi connectivity index (χ0n) is 10.2. The summed E-state index contributed by atoms with van der Waals surface area (Å²) in [5.74, 6) is 0.128. The minimum atomic E-state index is 0.128. The standard InChI is InChI=1S/C12H24N2O/c1-4-10(2)13-8-11(15)14-9-12(3)6-5-7-12/h10,13H,4-9H2,1-3H3,(H,14,15). The average molecular weight is 212 g/mol. The first-order valence-electron chi connectivity index (χ1n) is 6.06. The van der Waals surface area contributed by atoms with E-state index in [1.807, 2.05) is 0 Å². The Morgan fingerprint density at radius 3 is 2.60 bits per heavy atom. The van der Waals surface area contributed by atoms with Crippen LogP contribution in [0.3, 0.4) is 0 Å². The van der Waals surface area contributed by atoms with Gasteiger partial charge in [-0.15, -0.1) is 0 Å². The van der Waals surface area contributed by atoms with Gasteiger partial charge in [-0.25, -0.2) is 0 Å². The van der Waals surface area contributed by atoms with E-state index >= 15 is 0 Å². The molecule has 3 heteroatoms. The van der Waals surface area contributed by atoms with Gasteiger partial charge >= 0.3 is 0 Å². The highest BCUT2D eigenvalue weighted by Gasteiger charge is 2.31. The molecule has 1 unspecified atom stereocenters. The predicted octanol–water partition coefficient (Wildman–Crippen LogP) is 1.68. The van der Waals surface area contributed by atoms with Crippen molar-refractivity contribution in [1.29, 1.82) is 0 Å². The van der Waals surface area contributed by atoms with E-state index in [2.05, 4.69) is 31.4 Å². The van der Waals surface area contributed by atoms with Crippen LogP contribution in [0.2, 0.25) is 0 Å². The molecule has 0 aliphatic heterocycles. The molecule has 1 rings (SSSR count). The van der Waals surface area contributed by atoms with Crippen molar-refractivity contribution in [3.05, 3.63) is 0 Å². The van der Waals surface area contributed by atoms with Gasteiger partial charge in [0.05, 0.1) is 6.54 Å². The SMILES string of the molecule is CCC(C)NCC(=O)NCC1(C)CCC1. The van der Waals surface area contributed by atoms with E-state index < -0.39 is 0 Å². The Bertz CT molecular complexity index is 212. The maximum Gasteiger partial charge on any atom is 0.233 e. The van der Waals surface area contributed by atoms with Crippen molar-refractivity contribution in [2.75, 3.05) is 13.1 Å². The Hall–Kier alpha value is -0.570. The van der Waals surface area contributed by atoms with E-state index in [0.717, 1.165) is 13.0 Å². The van der Waals surface area contributed by atoms with Crippen LogP contribution in [-0.4, -0.2) is 25.0 Å². The van der Waals surface area contributed by atoms with E-state index in [-0.39, 0.29) is 5.91 Å². The topological polar surface area (TPSA) is 41.1 Å². The molecule has 15 heavy (non-hydrogen) atoms. The molecular formula is C12H24N2O. The zero-order valence-corrected chi connectivity index (χ0v) is 10.2. The van der Waals surface area contributed by atoms with Gasteiger partial charge in [-0.05, 0) is 31.6 Å². The first-order valence-corrected chi connectivity index (χ1v) is 6.06. The number of hydrogen-bond acceptors (Lipinski definition) is 2. The molecule has 1 saturated carbocycles. The molecule has 1 fully saturated rings. The highest BCUT2D eigenvalue weighted by atomic mass is 16.1. The molecule has 1 aliphatic rings. The van der Waals surface area contributed by atoms with Crippen LogP contribution >= 0.6 is 0 Å². The predicted molar refractivity (Wildman–Crippen MR) is 62.7 cm³/mol. The average Bonchev–Trinajstić information content (AvgIpc) is 2.20. The van der Waals surface area contributed by atoms with Gasteiger partial charge in [0.25, 0.3) is 0 Å². The van der Waals surface area contributed by atoms with Gasteiger partial charge in [0, 0.05) is 12.6 Å². The molecule has 0 saturated heterocycles. The van der Waals surface area contributed by atoms with Crippen molar-refractivity contribution in [2.24, 2.45) is 5.41 Å². The van der Waals surface area contributed by atoms with E-state index in [1.165, 1.54) is 19.3 Å². The van der Waals surface area contributed by atoms with Crippen molar-refractivity contribution >= 4 is 5.91 Å². The molecular weight excluding hydrogens is 188 g/mol.